The van der Waals surface area contributed by atoms with Crippen molar-refractivity contribution in [3.63, 3.8) is 0 Å². The Hall–Kier alpha value is -3.89. The number of benzene rings is 3. The summed E-state index contributed by atoms with van der Waals surface area (Å²) in [6, 6.07) is 19.0. The predicted octanol–water partition coefficient (Wildman–Crippen LogP) is 4.17. The minimum absolute atomic E-state index is 0.0740. The summed E-state index contributed by atoms with van der Waals surface area (Å²) in [6.45, 7) is 4.12. The Kier molecular flexibility index (Phi) is 9.11. The zero-order chi connectivity index (χ0) is 28.9. The molecular weight excluding hydrogens is 529 g/mol. The number of rotatable bonds is 8. The van der Waals surface area contributed by atoms with Crippen molar-refractivity contribution in [1.82, 2.24) is 16.0 Å². The molecule has 210 valence electrons. The number of hydrogen-bond acceptors (Lipinski definition) is 5. The van der Waals surface area contributed by atoms with E-state index in [4.69, 9.17) is 5.73 Å². The van der Waals surface area contributed by atoms with Crippen LogP contribution in [0.25, 0.3) is 11.1 Å². The van der Waals surface area contributed by atoms with Gasteiger partial charge in [0.15, 0.2) is 0 Å². The minimum Gasteiger partial charge on any atom is -0.343 e. The third-order valence-electron chi connectivity index (χ3n) is 6.42. The first-order chi connectivity index (χ1) is 19.0. The van der Waals surface area contributed by atoms with Crippen molar-refractivity contribution in [2.45, 2.75) is 49.8 Å². The topological polar surface area (TPSA) is 117 Å². The average molecular weight is 564 g/mol. The molecule has 3 aromatic rings. The van der Waals surface area contributed by atoms with Gasteiger partial charge in [0.1, 0.15) is 11.9 Å². The Morgan fingerprint density at radius 1 is 1.10 bits per heavy atom. The summed E-state index contributed by atoms with van der Waals surface area (Å²) in [5.41, 5.74) is 9.67. The molecule has 0 spiro atoms. The van der Waals surface area contributed by atoms with E-state index >= 15 is 0 Å². The van der Waals surface area contributed by atoms with Crippen LogP contribution in [-0.2, 0) is 22.7 Å². The lowest BCUT2D eigenvalue weighted by molar-refractivity contribution is -0.127. The lowest BCUT2D eigenvalue weighted by Crippen LogP contribution is -2.51. The molecule has 3 aromatic carbocycles. The van der Waals surface area contributed by atoms with E-state index in [0.29, 0.717) is 17.1 Å². The van der Waals surface area contributed by atoms with Crippen molar-refractivity contribution >= 4 is 35.3 Å². The van der Waals surface area contributed by atoms with Crippen molar-refractivity contribution in [3.8, 4) is 11.1 Å². The largest absolute Gasteiger partial charge is 0.343 e. The number of urea groups is 1. The van der Waals surface area contributed by atoms with E-state index in [0.717, 1.165) is 22.3 Å². The number of carbonyl (C=O) groups excluding carboxylic acids is 3. The molecule has 40 heavy (non-hydrogen) atoms. The summed E-state index contributed by atoms with van der Waals surface area (Å²) >= 11 is 1.34. The second-order valence-corrected chi connectivity index (χ2v) is 11.5. The lowest BCUT2D eigenvalue weighted by Gasteiger charge is -2.27. The van der Waals surface area contributed by atoms with Crippen molar-refractivity contribution in [3.05, 3.63) is 83.7 Å². The first-order valence-corrected chi connectivity index (χ1v) is 14.0. The van der Waals surface area contributed by atoms with Gasteiger partial charge < -0.3 is 26.6 Å². The Bertz CT molecular complexity index is 1390. The van der Waals surface area contributed by atoms with Gasteiger partial charge in [0, 0.05) is 36.2 Å². The molecule has 4 rings (SSSR count). The van der Waals surface area contributed by atoms with Crippen molar-refractivity contribution in [1.29, 1.82) is 0 Å². The Morgan fingerprint density at radius 3 is 2.52 bits per heavy atom. The highest BCUT2D eigenvalue weighted by molar-refractivity contribution is 7.99. The first-order valence-electron chi connectivity index (χ1n) is 13.0. The zero-order valence-electron chi connectivity index (χ0n) is 22.8. The standard InChI is InChI=1S/C30H34FN5O3S/c1-30(2,32)15-27(37)35-24-18-40-26-14-22(31)12-13-25(26)36(28(24)38)17-19-8-10-20(11-9-19)23-7-5-4-6-21(23)16-34-29(39)33-3/h4-14,24H,15-18,32H2,1-3H3,(H,35,37)(H2,33,34,39)/t24-/m1/s1. The van der Waals surface area contributed by atoms with Crippen LogP contribution < -0.4 is 26.6 Å². The molecule has 0 saturated heterocycles. The van der Waals surface area contributed by atoms with Gasteiger partial charge in [-0.15, -0.1) is 11.8 Å². The van der Waals surface area contributed by atoms with Gasteiger partial charge in [0.25, 0.3) is 5.91 Å². The Labute approximate surface area is 237 Å². The van der Waals surface area contributed by atoms with Crippen LogP contribution in [0.4, 0.5) is 14.9 Å². The van der Waals surface area contributed by atoms with E-state index < -0.39 is 11.6 Å². The molecule has 4 amide bonds. The molecule has 0 saturated carbocycles. The highest BCUT2D eigenvalue weighted by Gasteiger charge is 2.33. The van der Waals surface area contributed by atoms with Gasteiger partial charge in [-0.25, -0.2) is 9.18 Å². The molecule has 5 N–H and O–H groups in total. The Balaban J connectivity index is 1.58. The molecule has 10 heteroatoms. The number of thioether (sulfide) groups is 1. The molecule has 1 aliphatic heterocycles. The third-order valence-corrected chi connectivity index (χ3v) is 7.56. The van der Waals surface area contributed by atoms with E-state index in [9.17, 15) is 18.8 Å². The van der Waals surface area contributed by atoms with E-state index in [1.54, 1.807) is 31.9 Å². The number of nitrogens with zero attached hydrogens (tertiary/aromatic N) is 1. The minimum atomic E-state index is -0.783. The molecule has 0 fully saturated rings. The monoisotopic (exact) mass is 563 g/mol. The second-order valence-electron chi connectivity index (χ2n) is 10.4. The number of carbonyl (C=O) groups is 3. The number of nitrogens with one attached hydrogen (secondary N) is 3. The van der Waals surface area contributed by atoms with Gasteiger partial charge in [0.2, 0.25) is 5.91 Å². The summed E-state index contributed by atoms with van der Waals surface area (Å²) in [4.78, 5) is 40.2. The maximum atomic E-state index is 14.1. The molecule has 0 aliphatic carbocycles. The lowest BCUT2D eigenvalue weighted by atomic mass is 9.98. The fraction of sp³-hybridized carbons (Fsp3) is 0.300. The summed E-state index contributed by atoms with van der Waals surface area (Å²) in [5.74, 6) is -0.685. The maximum Gasteiger partial charge on any atom is 0.314 e. The van der Waals surface area contributed by atoms with Gasteiger partial charge in [-0.3, -0.25) is 9.59 Å². The van der Waals surface area contributed by atoms with Crippen LogP contribution in [0.3, 0.4) is 0 Å². The zero-order valence-corrected chi connectivity index (χ0v) is 23.6. The highest BCUT2D eigenvalue weighted by atomic mass is 32.2. The SMILES string of the molecule is CNC(=O)NCc1ccccc1-c1ccc(CN2C(=O)[C@H](NC(=O)CC(C)(C)N)CSc3cc(F)ccc32)cc1. The van der Waals surface area contributed by atoms with E-state index in [1.165, 1.54) is 23.9 Å². The molecule has 0 unspecified atom stereocenters. The fourth-order valence-electron chi connectivity index (χ4n) is 4.50. The maximum absolute atomic E-state index is 14.1. The fourth-order valence-corrected chi connectivity index (χ4v) is 5.59. The number of fused-ring (bicyclic) bond motifs is 1. The van der Waals surface area contributed by atoms with Crippen molar-refractivity contribution in [2.75, 3.05) is 17.7 Å². The van der Waals surface area contributed by atoms with Crippen LogP contribution in [0, 0.1) is 5.82 Å². The van der Waals surface area contributed by atoms with Crippen LogP contribution in [0.15, 0.2) is 71.6 Å². The smallest absolute Gasteiger partial charge is 0.314 e. The number of nitrogens with two attached hydrogens (primary N) is 1. The van der Waals surface area contributed by atoms with Crippen LogP contribution in [0.2, 0.25) is 0 Å². The molecular formula is C30H34FN5O3S. The second kappa shape index (κ2) is 12.5. The normalized spacial score (nSPS) is 15.2. The average Bonchev–Trinajstić information content (AvgIpc) is 3.03. The molecule has 1 aliphatic rings. The molecule has 1 atom stereocenters. The molecule has 0 aromatic heterocycles. The number of anilines is 1. The van der Waals surface area contributed by atoms with Gasteiger partial charge in [-0.2, -0.15) is 0 Å². The number of amides is 4. The predicted molar refractivity (Wildman–Crippen MR) is 156 cm³/mol. The van der Waals surface area contributed by atoms with E-state index in [2.05, 4.69) is 16.0 Å². The van der Waals surface area contributed by atoms with Gasteiger partial charge >= 0.3 is 6.03 Å². The van der Waals surface area contributed by atoms with Gasteiger partial charge in [0.05, 0.1) is 12.2 Å². The molecule has 0 radical (unpaired) electrons. The Morgan fingerprint density at radius 2 is 1.82 bits per heavy atom. The first kappa shape index (κ1) is 29.1. The highest BCUT2D eigenvalue weighted by Crippen LogP contribution is 2.36. The van der Waals surface area contributed by atoms with E-state index in [1.807, 2.05) is 48.5 Å². The summed E-state index contributed by atoms with van der Waals surface area (Å²) in [6.07, 6.45) is 0.0740. The number of halogens is 1. The van der Waals surface area contributed by atoms with Crippen molar-refractivity contribution < 1.29 is 18.8 Å². The molecule has 0 bridgehead atoms. The summed E-state index contributed by atoms with van der Waals surface area (Å²) in [5, 5.41) is 8.20. The van der Waals surface area contributed by atoms with Gasteiger partial charge in [-0.1, -0.05) is 48.5 Å². The van der Waals surface area contributed by atoms with Crippen molar-refractivity contribution in [2.24, 2.45) is 5.73 Å². The van der Waals surface area contributed by atoms with Crippen LogP contribution in [0.5, 0.6) is 0 Å². The van der Waals surface area contributed by atoms with Crippen LogP contribution >= 0.6 is 11.8 Å². The van der Waals surface area contributed by atoms with E-state index in [-0.39, 0.29) is 42.4 Å². The number of hydrogen-bond donors (Lipinski definition) is 4. The quantitative estimate of drug-likeness (QED) is 0.328. The van der Waals surface area contributed by atoms with Crippen LogP contribution in [-0.4, -0.2) is 42.2 Å². The molecule has 1 heterocycles. The molecule has 8 nitrogen and oxygen atoms in total. The van der Waals surface area contributed by atoms with Gasteiger partial charge in [-0.05, 0) is 54.3 Å². The summed E-state index contributed by atoms with van der Waals surface area (Å²) < 4.78 is 14.1. The third kappa shape index (κ3) is 7.40. The summed E-state index contributed by atoms with van der Waals surface area (Å²) in [7, 11) is 1.57. The van der Waals surface area contributed by atoms with Crippen LogP contribution in [0.1, 0.15) is 31.4 Å².